The zero-order valence-electron chi connectivity index (χ0n) is 11.0. The third kappa shape index (κ3) is 7.01. The third-order valence-corrected chi connectivity index (χ3v) is 2.86. The van der Waals surface area contributed by atoms with E-state index in [1.165, 1.54) is 37.7 Å². The largest absolute Gasteiger partial charge is 0.494 e. The average molecular weight is 235 g/mol. The topological polar surface area (TPSA) is 35.2 Å². The van der Waals surface area contributed by atoms with Gasteiger partial charge < -0.3 is 10.5 Å². The van der Waals surface area contributed by atoms with E-state index in [0.29, 0.717) is 0 Å². The van der Waals surface area contributed by atoms with Crippen molar-refractivity contribution in [3.05, 3.63) is 29.8 Å². The van der Waals surface area contributed by atoms with E-state index in [2.05, 4.69) is 19.1 Å². The van der Waals surface area contributed by atoms with Crippen molar-refractivity contribution < 1.29 is 4.74 Å². The van der Waals surface area contributed by atoms with Gasteiger partial charge in [0.15, 0.2) is 0 Å². The molecule has 0 fully saturated rings. The molecule has 1 aromatic rings. The summed E-state index contributed by atoms with van der Waals surface area (Å²) < 4.78 is 5.69. The van der Waals surface area contributed by atoms with Crippen molar-refractivity contribution in [3.8, 4) is 5.75 Å². The molecule has 0 atom stereocenters. The molecule has 0 heterocycles. The van der Waals surface area contributed by atoms with Gasteiger partial charge in [0.05, 0.1) is 6.61 Å². The van der Waals surface area contributed by atoms with Gasteiger partial charge in [-0.15, -0.1) is 0 Å². The number of hydrogen-bond acceptors (Lipinski definition) is 2. The van der Waals surface area contributed by atoms with Gasteiger partial charge in [0.1, 0.15) is 5.75 Å². The number of hydrogen-bond donors (Lipinski definition) is 1. The van der Waals surface area contributed by atoms with Crippen LogP contribution >= 0.6 is 0 Å². The molecule has 0 aromatic heterocycles. The van der Waals surface area contributed by atoms with Gasteiger partial charge in [0.2, 0.25) is 0 Å². The SMILES string of the molecule is Cc1cccc(OCCCCCCCCN)c1. The van der Waals surface area contributed by atoms with Crippen molar-refractivity contribution in [1.29, 1.82) is 0 Å². The zero-order valence-corrected chi connectivity index (χ0v) is 11.0. The zero-order chi connectivity index (χ0) is 12.3. The third-order valence-electron chi connectivity index (χ3n) is 2.86. The number of unbranched alkanes of at least 4 members (excludes halogenated alkanes) is 5. The lowest BCUT2D eigenvalue weighted by Crippen LogP contribution is -1.99. The summed E-state index contributed by atoms with van der Waals surface area (Å²) in [6.45, 7) is 3.75. The maximum Gasteiger partial charge on any atom is 0.119 e. The van der Waals surface area contributed by atoms with Crippen molar-refractivity contribution in [1.82, 2.24) is 0 Å². The average Bonchev–Trinajstić information content (AvgIpc) is 2.33. The minimum atomic E-state index is 0.830. The van der Waals surface area contributed by atoms with Crippen molar-refractivity contribution >= 4 is 0 Å². The van der Waals surface area contributed by atoms with Crippen LogP contribution in [0.15, 0.2) is 24.3 Å². The highest BCUT2D eigenvalue weighted by Gasteiger charge is 1.94. The van der Waals surface area contributed by atoms with Gasteiger partial charge in [0.25, 0.3) is 0 Å². The monoisotopic (exact) mass is 235 g/mol. The Hall–Kier alpha value is -1.02. The van der Waals surface area contributed by atoms with E-state index < -0.39 is 0 Å². The summed E-state index contributed by atoms with van der Waals surface area (Å²) in [7, 11) is 0. The lowest BCUT2D eigenvalue weighted by Gasteiger charge is -2.06. The van der Waals surface area contributed by atoms with E-state index >= 15 is 0 Å². The Bertz CT molecular complexity index is 299. The molecule has 1 aromatic carbocycles. The van der Waals surface area contributed by atoms with E-state index in [1.807, 2.05) is 12.1 Å². The Kier molecular flexibility index (Phi) is 7.48. The summed E-state index contributed by atoms with van der Waals surface area (Å²) in [5, 5.41) is 0. The van der Waals surface area contributed by atoms with Crippen molar-refractivity contribution in [2.24, 2.45) is 5.73 Å². The summed E-state index contributed by atoms with van der Waals surface area (Å²) >= 11 is 0. The fourth-order valence-electron chi connectivity index (χ4n) is 1.85. The van der Waals surface area contributed by atoms with Crippen LogP contribution in [0.3, 0.4) is 0 Å². The fraction of sp³-hybridized carbons (Fsp3) is 0.600. The van der Waals surface area contributed by atoms with E-state index in [0.717, 1.165) is 25.3 Å². The molecule has 2 nitrogen and oxygen atoms in total. The van der Waals surface area contributed by atoms with E-state index in [4.69, 9.17) is 10.5 Å². The first kappa shape index (κ1) is 14.0. The van der Waals surface area contributed by atoms with Crippen molar-refractivity contribution in [3.63, 3.8) is 0 Å². The standard InChI is InChI=1S/C15H25NO/c1-14-9-8-10-15(13-14)17-12-7-5-3-2-4-6-11-16/h8-10,13H,2-7,11-12,16H2,1H3. The van der Waals surface area contributed by atoms with Crippen LogP contribution in [0.2, 0.25) is 0 Å². The van der Waals surface area contributed by atoms with Crippen molar-refractivity contribution in [2.75, 3.05) is 13.2 Å². The molecule has 17 heavy (non-hydrogen) atoms. The second kappa shape index (κ2) is 9.06. The summed E-state index contributed by atoms with van der Waals surface area (Å²) in [5.74, 6) is 0.994. The highest BCUT2D eigenvalue weighted by Crippen LogP contribution is 2.13. The predicted octanol–water partition coefficient (Wildman–Crippen LogP) is 3.67. The van der Waals surface area contributed by atoms with E-state index in [-0.39, 0.29) is 0 Å². The van der Waals surface area contributed by atoms with Crippen LogP contribution in [-0.4, -0.2) is 13.2 Å². The van der Waals surface area contributed by atoms with Gasteiger partial charge in [-0.1, -0.05) is 37.8 Å². The first-order valence-electron chi connectivity index (χ1n) is 6.72. The molecule has 96 valence electrons. The molecule has 0 radical (unpaired) electrons. The van der Waals surface area contributed by atoms with Gasteiger partial charge in [-0.25, -0.2) is 0 Å². The van der Waals surface area contributed by atoms with Crippen molar-refractivity contribution in [2.45, 2.75) is 45.4 Å². The lowest BCUT2D eigenvalue weighted by molar-refractivity contribution is 0.304. The lowest BCUT2D eigenvalue weighted by atomic mass is 10.1. The quantitative estimate of drug-likeness (QED) is 0.663. The molecule has 0 saturated heterocycles. The van der Waals surface area contributed by atoms with E-state index in [1.54, 1.807) is 0 Å². The smallest absolute Gasteiger partial charge is 0.119 e. The van der Waals surface area contributed by atoms with Gasteiger partial charge in [-0.05, 0) is 44.0 Å². The first-order valence-corrected chi connectivity index (χ1v) is 6.72. The van der Waals surface area contributed by atoms with Crippen LogP contribution < -0.4 is 10.5 Å². The van der Waals surface area contributed by atoms with Gasteiger partial charge in [-0.3, -0.25) is 0 Å². The minimum absolute atomic E-state index is 0.830. The molecule has 1 rings (SSSR count). The van der Waals surface area contributed by atoms with Crippen LogP contribution in [-0.2, 0) is 0 Å². The molecule has 0 spiro atoms. The summed E-state index contributed by atoms with van der Waals surface area (Å²) in [4.78, 5) is 0. The summed E-state index contributed by atoms with van der Waals surface area (Å²) in [5.41, 5.74) is 6.70. The van der Waals surface area contributed by atoms with Gasteiger partial charge in [-0.2, -0.15) is 0 Å². The Morgan fingerprint density at radius 2 is 1.71 bits per heavy atom. The molecule has 0 saturated carbocycles. The minimum Gasteiger partial charge on any atom is -0.494 e. The van der Waals surface area contributed by atoms with Crippen LogP contribution in [0.5, 0.6) is 5.75 Å². The Balaban J connectivity index is 1.97. The van der Waals surface area contributed by atoms with Crippen LogP contribution in [0.1, 0.15) is 44.1 Å². The van der Waals surface area contributed by atoms with Gasteiger partial charge >= 0.3 is 0 Å². The normalized spacial score (nSPS) is 10.5. The molecular formula is C15H25NO. The molecule has 2 heteroatoms. The van der Waals surface area contributed by atoms with Crippen LogP contribution in [0.4, 0.5) is 0 Å². The maximum atomic E-state index is 5.69. The maximum absolute atomic E-state index is 5.69. The van der Waals surface area contributed by atoms with E-state index in [9.17, 15) is 0 Å². The summed E-state index contributed by atoms with van der Waals surface area (Å²) in [6.07, 6.45) is 7.46. The number of ether oxygens (including phenoxy) is 1. The Morgan fingerprint density at radius 1 is 1.00 bits per heavy atom. The first-order chi connectivity index (χ1) is 8.33. The van der Waals surface area contributed by atoms with Gasteiger partial charge in [0, 0.05) is 0 Å². The Labute approximate surface area is 105 Å². The molecule has 0 amide bonds. The number of aryl methyl sites for hydroxylation is 1. The number of rotatable bonds is 9. The fourth-order valence-corrected chi connectivity index (χ4v) is 1.85. The second-order valence-electron chi connectivity index (χ2n) is 4.57. The molecule has 0 aliphatic carbocycles. The molecular weight excluding hydrogens is 210 g/mol. The highest BCUT2D eigenvalue weighted by molar-refractivity contribution is 5.27. The molecule has 0 aliphatic heterocycles. The summed E-state index contributed by atoms with van der Waals surface area (Å²) in [6, 6.07) is 8.23. The molecule has 2 N–H and O–H groups in total. The Morgan fingerprint density at radius 3 is 2.41 bits per heavy atom. The van der Waals surface area contributed by atoms with Crippen LogP contribution in [0, 0.1) is 6.92 Å². The second-order valence-corrected chi connectivity index (χ2v) is 4.57. The molecule has 0 bridgehead atoms. The molecule has 0 unspecified atom stereocenters. The highest BCUT2D eigenvalue weighted by atomic mass is 16.5. The molecule has 0 aliphatic rings. The predicted molar refractivity (Wildman–Crippen MR) is 73.4 cm³/mol. The number of nitrogens with two attached hydrogens (primary N) is 1. The number of benzene rings is 1. The van der Waals surface area contributed by atoms with Crippen LogP contribution in [0.25, 0.3) is 0 Å².